The summed E-state index contributed by atoms with van der Waals surface area (Å²) in [6.07, 6.45) is 4.57. The molecule has 0 amide bonds. The summed E-state index contributed by atoms with van der Waals surface area (Å²) in [6.45, 7) is 0. The molecular formula is C9H12N2OS. The highest BCUT2D eigenvalue weighted by atomic mass is 32.2. The SMILES string of the molecule is CSc1cnc(N(C)C)c(C=O)c1. The van der Waals surface area contributed by atoms with Crippen LogP contribution in [0.25, 0.3) is 0 Å². The van der Waals surface area contributed by atoms with Crippen LogP contribution in [0.15, 0.2) is 17.2 Å². The third kappa shape index (κ3) is 2.21. The number of hydrogen-bond acceptors (Lipinski definition) is 4. The molecule has 1 rings (SSSR count). The lowest BCUT2D eigenvalue weighted by Gasteiger charge is -2.13. The van der Waals surface area contributed by atoms with Crippen LogP contribution in [0, 0.1) is 0 Å². The Bertz CT molecular complexity index is 312. The van der Waals surface area contributed by atoms with Crippen LogP contribution in [-0.4, -0.2) is 31.6 Å². The molecule has 0 aliphatic carbocycles. The van der Waals surface area contributed by atoms with Crippen molar-refractivity contribution in [2.45, 2.75) is 4.90 Å². The molecule has 1 aromatic heterocycles. The van der Waals surface area contributed by atoms with E-state index in [1.807, 2.05) is 31.3 Å². The fourth-order valence-corrected chi connectivity index (χ4v) is 1.43. The number of thioether (sulfide) groups is 1. The summed E-state index contributed by atoms with van der Waals surface area (Å²) >= 11 is 1.58. The smallest absolute Gasteiger partial charge is 0.153 e. The zero-order chi connectivity index (χ0) is 9.84. The van der Waals surface area contributed by atoms with Crippen LogP contribution in [0.3, 0.4) is 0 Å². The molecule has 1 heterocycles. The second-order valence-electron chi connectivity index (χ2n) is 2.80. The zero-order valence-corrected chi connectivity index (χ0v) is 8.76. The predicted octanol–water partition coefficient (Wildman–Crippen LogP) is 1.68. The van der Waals surface area contributed by atoms with E-state index in [4.69, 9.17) is 0 Å². The van der Waals surface area contributed by atoms with Crippen LogP contribution < -0.4 is 4.90 Å². The molecule has 0 aliphatic heterocycles. The van der Waals surface area contributed by atoms with E-state index in [0.717, 1.165) is 11.2 Å². The summed E-state index contributed by atoms with van der Waals surface area (Å²) in [5, 5.41) is 0. The van der Waals surface area contributed by atoms with Crippen molar-refractivity contribution >= 4 is 23.9 Å². The Hall–Kier alpha value is -1.03. The minimum Gasteiger partial charge on any atom is -0.362 e. The topological polar surface area (TPSA) is 33.2 Å². The van der Waals surface area contributed by atoms with Gasteiger partial charge in [0.25, 0.3) is 0 Å². The highest BCUT2D eigenvalue weighted by Gasteiger charge is 2.05. The Labute approximate surface area is 82.2 Å². The first-order valence-electron chi connectivity index (χ1n) is 3.85. The molecule has 0 fully saturated rings. The maximum absolute atomic E-state index is 10.7. The van der Waals surface area contributed by atoms with E-state index in [9.17, 15) is 4.79 Å². The van der Waals surface area contributed by atoms with Gasteiger partial charge in [0.15, 0.2) is 6.29 Å². The van der Waals surface area contributed by atoms with Crippen LogP contribution in [0.1, 0.15) is 10.4 Å². The fraction of sp³-hybridized carbons (Fsp3) is 0.333. The Kier molecular flexibility index (Phi) is 3.31. The van der Waals surface area contributed by atoms with Gasteiger partial charge >= 0.3 is 0 Å². The number of carbonyl (C=O) groups excluding carboxylic acids is 1. The summed E-state index contributed by atoms with van der Waals surface area (Å²) in [6, 6.07) is 1.85. The molecular weight excluding hydrogens is 184 g/mol. The summed E-state index contributed by atoms with van der Waals surface area (Å²) in [5.74, 6) is 0.716. The van der Waals surface area contributed by atoms with Gasteiger partial charge in [0.2, 0.25) is 0 Å². The zero-order valence-electron chi connectivity index (χ0n) is 7.94. The molecule has 0 saturated carbocycles. The Balaban J connectivity index is 3.15. The van der Waals surface area contributed by atoms with Gasteiger partial charge in [-0.2, -0.15) is 0 Å². The van der Waals surface area contributed by atoms with Gasteiger partial charge in [0, 0.05) is 25.2 Å². The lowest BCUT2D eigenvalue weighted by Crippen LogP contribution is -2.13. The minimum atomic E-state index is 0.636. The van der Waals surface area contributed by atoms with E-state index < -0.39 is 0 Å². The van der Waals surface area contributed by atoms with E-state index in [1.165, 1.54) is 0 Å². The second-order valence-corrected chi connectivity index (χ2v) is 3.68. The highest BCUT2D eigenvalue weighted by Crippen LogP contribution is 2.20. The van der Waals surface area contributed by atoms with Crippen molar-refractivity contribution in [3.8, 4) is 0 Å². The quantitative estimate of drug-likeness (QED) is 0.544. The molecule has 0 N–H and O–H groups in total. The monoisotopic (exact) mass is 196 g/mol. The van der Waals surface area contributed by atoms with Crippen molar-refractivity contribution < 1.29 is 4.79 Å². The standard InChI is InChI=1S/C9H12N2OS/c1-11(2)9-7(6-12)4-8(13-3)5-10-9/h4-6H,1-3H3. The maximum Gasteiger partial charge on any atom is 0.153 e. The third-order valence-electron chi connectivity index (χ3n) is 1.66. The molecule has 0 spiro atoms. The van der Waals surface area contributed by atoms with Crippen LogP contribution in [-0.2, 0) is 0 Å². The summed E-state index contributed by atoms with van der Waals surface area (Å²) in [7, 11) is 3.74. The van der Waals surface area contributed by atoms with E-state index in [2.05, 4.69) is 4.98 Å². The van der Waals surface area contributed by atoms with E-state index in [1.54, 1.807) is 18.0 Å². The van der Waals surface area contributed by atoms with Crippen molar-refractivity contribution in [2.75, 3.05) is 25.3 Å². The minimum absolute atomic E-state index is 0.636. The number of aldehydes is 1. The van der Waals surface area contributed by atoms with Crippen LogP contribution in [0.2, 0.25) is 0 Å². The molecule has 1 aromatic rings. The molecule has 0 atom stereocenters. The average molecular weight is 196 g/mol. The van der Waals surface area contributed by atoms with Crippen LogP contribution in [0.4, 0.5) is 5.82 Å². The Morgan fingerprint density at radius 1 is 1.54 bits per heavy atom. The van der Waals surface area contributed by atoms with Gasteiger partial charge < -0.3 is 4.90 Å². The molecule has 0 radical (unpaired) electrons. The molecule has 0 bridgehead atoms. The molecule has 70 valence electrons. The van der Waals surface area contributed by atoms with Gasteiger partial charge in [-0.1, -0.05) is 0 Å². The Morgan fingerprint density at radius 2 is 2.23 bits per heavy atom. The van der Waals surface area contributed by atoms with Crippen molar-refractivity contribution in [3.05, 3.63) is 17.8 Å². The lowest BCUT2D eigenvalue weighted by molar-refractivity contribution is 0.112. The maximum atomic E-state index is 10.7. The number of nitrogens with zero attached hydrogens (tertiary/aromatic N) is 2. The molecule has 4 heteroatoms. The molecule has 0 aromatic carbocycles. The highest BCUT2D eigenvalue weighted by molar-refractivity contribution is 7.98. The van der Waals surface area contributed by atoms with Crippen molar-refractivity contribution in [3.63, 3.8) is 0 Å². The van der Waals surface area contributed by atoms with Crippen molar-refractivity contribution in [1.29, 1.82) is 0 Å². The van der Waals surface area contributed by atoms with Gasteiger partial charge in [0.05, 0.1) is 5.56 Å². The van der Waals surface area contributed by atoms with Gasteiger partial charge in [-0.15, -0.1) is 11.8 Å². The van der Waals surface area contributed by atoms with E-state index >= 15 is 0 Å². The van der Waals surface area contributed by atoms with Gasteiger partial charge in [0.1, 0.15) is 5.82 Å². The fourth-order valence-electron chi connectivity index (χ4n) is 1.03. The first-order valence-corrected chi connectivity index (χ1v) is 5.08. The number of aromatic nitrogens is 1. The van der Waals surface area contributed by atoms with Crippen molar-refractivity contribution in [2.24, 2.45) is 0 Å². The summed E-state index contributed by atoms with van der Waals surface area (Å²) in [5.41, 5.74) is 0.636. The molecule has 13 heavy (non-hydrogen) atoms. The normalized spacial score (nSPS) is 9.77. The number of pyridine rings is 1. The number of carbonyl (C=O) groups is 1. The van der Waals surface area contributed by atoms with Gasteiger partial charge in [-0.3, -0.25) is 4.79 Å². The summed E-state index contributed by atoms with van der Waals surface area (Å²) in [4.78, 5) is 17.8. The average Bonchev–Trinajstić information content (AvgIpc) is 2.16. The number of rotatable bonds is 3. The number of hydrogen-bond donors (Lipinski definition) is 0. The van der Waals surface area contributed by atoms with Crippen molar-refractivity contribution in [1.82, 2.24) is 4.98 Å². The van der Waals surface area contributed by atoms with Crippen LogP contribution >= 0.6 is 11.8 Å². The summed E-state index contributed by atoms with van der Waals surface area (Å²) < 4.78 is 0. The van der Waals surface area contributed by atoms with E-state index in [-0.39, 0.29) is 0 Å². The molecule has 0 saturated heterocycles. The van der Waals surface area contributed by atoms with Gasteiger partial charge in [-0.25, -0.2) is 4.98 Å². The molecule has 3 nitrogen and oxygen atoms in total. The van der Waals surface area contributed by atoms with E-state index in [0.29, 0.717) is 11.4 Å². The number of anilines is 1. The Morgan fingerprint density at radius 3 is 2.69 bits per heavy atom. The first kappa shape index (κ1) is 10.1. The van der Waals surface area contributed by atoms with Crippen LogP contribution in [0.5, 0.6) is 0 Å². The second kappa shape index (κ2) is 4.28. The molecule has 0 aliphatic rings. The lowest BCUT2D eigenvalue weighted by atomic mass is 10.3. The largest absolute Gasteiger partial charge is 0.362 e. The van der Waals surface area contributed by atoms with Gasteiger partial charge in [-0.05, 0) is 12.3 Å². The molecule has 0 unspecified atom stereocenters. The third-order valence-corrected chi connectivity index (χ3v) is 2.35. The first-order chi connectivity index (χ1) is 6.19. The predicted molar refractivity (Wildman–Crippen MR) is 55.7 cm³/mol.